The highest BCUT2D eigenvalue weighted by Gasteiger charge is 2.49. The summed E-state index contributed by atoms with van der Waals surface area (Å²) in [5.41, 5.74) is 6.59. The number of carbonyl (C=O) groups is 3. The Hall–Kier alpha value is -3.60. The predicted molar refractivity (Wildman–Crippen MR) is 103 cm³/mol. The number of aryl methyl sites for hydroxylation is 1. The Kier molecular flexibility index (Phi) is 10.2. The maximum Gasteiger partial charge on any atom is 0.339 e. The van der Waals surface area contributed by atoms with Gasteiger partial charge in [0.1, 0.15) is 5.52 Å². The Labute approximate surface area is 173 Å². The van der Waals surface area contributed by atoms with Crippen LogP contribution in [0.15, 0.2) is 15.9 Å². The number of aliphatic hydroxyl groups is 2. The lowest BCUT2D eigenvalue weighted by molar-refractivity contribution is -0.187. The van der Waals surface area contributed by atoms with Crippen molar-refractivity contribution in [1.82, 2.24) is 19.1 Å². The summed E-state index contributed by atoms with van der Waals surface area (Å²) in [6, 6.07) is 0. The highest BCUT2D eigenvalue weighted by Crippen LogP contribution is 2.16. The molecule has 2 rings (SSSR count). The molecule has 16 heteroatoms. The van der Waals surface area contributed by atoms with Gasteiger partial charge in [0.15, 0.2) is 11.8 Å². The molecule has 0 aliphatic rings. The van der Waals surface area contributed by atoms with Gasteiger partial charge in [-0.2, -0.15) is 0 Å². The van der Waals surface area contributed by atoms with Crippen LogP contribution in [0.5, 0.6) is 0 Å². The summed E-state index contributed by atoms with van der Waals surface area (Å²) in [6.45, 7) is 1.19. The van der Waals surface area contributed by atoms with Crippen LogP contribution in [-0.4, -0.2) is 87.3 Å². The van der Waals surface area contributed by atoms with Crippen molar-refractivity contribution in [2.75, 3.05) is 13.1 Å². The van der Waals surface area contributed by atoms with Crippen molar-refractivity contribution in [3.8, 4) is 0 Å². The molecule has 2 unspecified atom stereocenters. The van der Waals surface area contributed by atoms with Gasteiger partial charge in [-0.1, -0.05) is 0 Å². The van der Waals surface area contributed by atoms with E-state index in [4.69, 9.17) is 37.0 Å². The summed E-state index contributed by atoms with van der Waals surface area (Å²) < 4.78 is 2.37. The molecule has 16 nitrogen and oxygen atoms in total. The third-order valence-electron chi connectivity index (χ3n) is 3.67. The Bertz CT molecular complexity index is 1040. The Morgan fingerprint density at radius 1 is 1.13 bits per heavy atom. The highest BCUT2D eigenvalue weighted by molar-refractivity contribution is 5.90. The van der Waals surface area contributed by atoms with E-state index in [1.165, 1.54) is 17.9 Å². The topological polar surface area (TPSA) is 277 Å². The minimum absolute atomic E-state index is 0.351. The van der Waals surface area contributed by atoms with Gasteiger partial charge in [0.2, 0.25) is 5.60 Å². The van der Waals surface area contributed by atoms with Crippen molar-refractivity contribution >= 4 is 29.1 Å². The van der Waals surface area contributed by atoms with E-state index in [9.17, 15) is 24.0 Å². The van der Waals surface area contributed by atoms with Crippen LogP contribution >= 0.6 is 0 Å². The number of hydrogen-bond acceptors (Lipinski definition) is 10. The molecule has 0 amide bonds. The molecule has 31 heavy (non-hydrogen) atoms. The van der Waals surface area contributed by atoms with Gasteiger partial charge < -0.3 is 42.0 Å². The molecule has 2 aromatic rings. The number of rotatable bonds is 6. The normalized spacial score (nSPS) is 13.1. The number of imidazole rings is 1. The summed E-state index contributed by atoms with van der Waals surface area (Å²) >= 11 is 0. The number of nitrogens with one attached hydrogen (secondary N) is 1. The zero-order chi connectivity index (χ0) is 24.5. The van der Waals surface area contributed by atoms with E-state index in [2.05, 4.69) is 9.97 Å². The molecule has 174 valence electrons. The summed E-state index contributed by atoms with van der Waals surface area (Å²) in [5, 5.41) is 42.6. The molecule has 10 N–H and O–H groups in total. The lowest BCUT2D eigenvalue weighted by Crippen LogP contribution is -2.54. The van der Waals surface area contributed by atoms with Crippen LogP contribution in [0.25, 0.3) is 11.2 Å². The molecule has 0 spiro atoms. The number of nitrogens with two attached hydrogens (primary N) is 2. The van der Waals surface area contributed by atoms with Gasteiger partial charge in [-0.05, 0) is 0 Å². The number of carboxylic acid groups (broad SMARTS) is 3. The zero-order valence-corrected chi connectivity index (χ0v) is 16.5. The van der Waals surface area contributed by atoms with Gasteiger partial charge in [-0.25, -0.2) is 19.4 Å². The fraction of sp³-hybridized carbons (Fsp3) is 0.467. The van der Waals surface area contributed by atoms with Crippen LogP contribution in [0.3, 0.4) is 0 Å². The van der Waals surface area contributed by atoms with Crippen LogP contribution in [0.4, 0.5) is 0 Å². The van der Waals surface area contributed by atoms with Crippen molar-refractivity contribution in [2.45, 2.75) is 18.1 Å². The van der Waals surface area contributed by atoms with Gasteiger partial charge in [-0.15, -0.1) is 0 Å². The van der Waals surface area contributed by atoms with E-state index in [0.29, 0.717) is 24.3 Å². The minimum Gasteiger partial charge on any atom is -0.481 e. The number of aromatic amines is 1. The second-order valence-corrected chi connectivity index (χ2v) is 5.92. The van der Waals surface area contributed by atoms with E-state index in [1.807, 2.05) is 0 Å². The minimum atomic E-state index is -3.22. The van der Waals surface area contributed by atoms with E-state index < -0.39 is 36.0 Å². The number of aliphatic carboxylic acids is 3. The maximum atomic E-state index is 11.4. The predicted octanol–water partition coefficient (Wildman–Crippen LogP) is -4.41. The van der Waals surface area contributed by atoms with Gasteiger partial charge >= 0.3 is 23.6 Å². The standard InChI is InChI=1S/C7H8N4O2.C6H8O8.C2H8N2/c1-10-5-4(8-3-9-5)6(12)11(2)7(10)13;7-2(8)1-6(14,5(12)13)3(9)4(10)11;3-1-2-4/h3H,1-2H3,(H,8,9);3,9,14H,1H2,(H,7,8)(H,10,11)(H,12,13);1-4H2. The van der Waals surface area contributed by atoms with Crippen LogP contribution < -0.4 is 22.7 Å². The largest absolute Gasteiger partial charge is 0.481 e. The molecule has 2 heterocycles. The molecule has 0 saturated heterocycles. The molecule has 0 saturated carbocycles. The average molecular weight is 448 g/mol. The van der Waals surface area contributed by atoms with Gasteiger partial charge in [0.05, 0.1) is 12.7 Å². The summed E-state index contributed by atoms with van der Waals surface area (Å²) in [7, 11) is 3.01. The number of nitrogens with zero attached hydrogens (tertiary/aromatic N) is 3. The SMILES string of the molecule is Cn1c(=O)c2[nH]cnc2n(C)c1=O.NCCN.O=C(O)CC(O)(C(=O)O)C(O)C(=O)O. The van der Waals surface area contributed by atoms with Gasteiger partial charge in [0, 0.05) is 27.2 Å². The van der Waals surface area contributed by atoms with Crippen molar-refractivity contribution < 1.29 is 39.9 Å². The summed E-state index contributed by atoms with van der Waals surface area (Å²) in [4.78, 5) is 60.0. The third-order valence-corrected chi connectivity index (χ3v) is 3.67. The lowest BCUT2D eigenvalue weighted by Gasteiger charge is -2.23. The fourth-order valence-corrected chi connectivity index (χ4v) is 1.99. The Balaban J connectivity index is 0.000000496. The van der Waals surface area contributed by atoms with E-state index >= 15 is 0 Å². The van der Waals surface area contributed by atoms with Crippen molar-refractivity contribution in [2.24, 2.45) is 25.6 Å². The first-order chi connectivity index (χ1) is 14.3. The quantitative estimate of drug-likeness (QED) is 0.207. The lowest BCUT2D eigenvalue weighted by atomic mass is 9.93. The monoisotopic (exact) mass is 448 g/mol. The number of hydrogen-bond donors (Lipinski definition) is 8. The number of aliphatic hydroxyl groups excluding tert-OH is 1. The summed E-state index contributed by atoms with van der Waals surface area (Å²) in [5.74, 6) is -5.87. The zero-order valence-electron chi connectivity index (χ0n) is 16.5. The number of carboxylic acids is 3. The first kappa shape index (κ1) is 27.4. The van der Waals surface area contributed by atoms with Crippen LogP contribution in [-0.2, 0) is 28.5 Å². The van der Waals surface area contributed by atoms with Crippen molar-refractivity contribution in [3.63, 3.8) is 0 Å². The Morgan fingerprint density at radius 3 is 2.03 bits per heavy atom. The van der Waals surface area contributed by atoms with Gasteiger partial charge in [0.25, 0.3) is 5.56 Å². The number of H-pyrrole nitrogens is 1. The van der Waals surface area contributed by atoms with Gasteiger partial charge in [-0.3, -0.25) is 18.7 Å². The van der Waals surface area contributed by atoms with Crippen LogP contribution in [0.2, 0.25) is 0 Å². The van der Waals surface area contributed by atoms with E-state index in [1.54, 1.807) is 7.05 Å². The molecule has 0 aromatic carbocycles. The molecular formula is C15H24N6O10. The van der Waals surface area contributed by atoms with E-state index in [-0.39, 0.29) is 11.2 Å². The molecule has 2 aromatic heterocycles. The smallest absolute Gasteiger partial charge is 0.339 e. The summed E-state index contributed by atoms with van der Waals surface area (Å²) in [6.07, 6.45) is -2.71. The second kappa shape index (κ2) is 11.6. The van der Waals surface area contributed by atoms with Crippen LogP contribution in [0, 0.1) is 0 Å². The highest BCUT2D eigenvalue weighted by atomic mass is 16.4. The van der Waals surface area contributed by atoms with E-state index in [0.717, 1.165) is 4.57 Å². The Morgan fingerprint density at radius 2 is 1.65 bits per heavy atom. The molecular weight excluding hydrogens is 424 g/mol. The molecule has 2 atom stereocenters. The molecule has 0 radical (unpaired) electrons. The first-order valence-corrected chi connectivity index (χ1v) is 8.33. The molecule has 0 fully saturated rings. The molecule has 0 aliphatic carbocycles. The van der Waals surface area contributed by atoms with Crippen molar-refractivity contribution in [3.05, 3.63) is 27.2 Å². The van der Waals surface area contributed by atoms with Crippen LogP contribution in [0.1, 0.15) is 6.42 Å². The van der Waals surface area contributed by atoms with Crippen molar-refractivity contribution in [1.29, 1.82) is 0 Å². The average Bonchev–Trinajstić information content (AvgIpc) is 3.20. The second-order valence-electron chi connectivity index (χ2n) is 5.92. The fourth-order valence-electron chi connectivity index (χ4n) is 1.99. The number of aromatic nitrogens is 4. The molecule has 0 bridgehead atoms. The molecule has 0 aliphatic heterocycles. The number of fused-ring (bicyclic) bond motifs is 1. The first-order valence-electron chi connectivity index (χ1n) is 8.33. The third kappa shape index (κ3) is 6.71. The maximum absolute atomic E-state index is 11.4.